The van der Waals surface area contributed by atoms with Crippen LogP contribution in [0.5, 0.6) is 0 Å². The van der Waals surface area contributed by atoms with Gasteiger partial charge < -0.3 is 15.0 Å². The molecule has 0 saturated carbocycles. The molecule has 2 N–H and O–H groups in total. The van der Waals surface area contributed by atoms with Gasteiger partial charge in [0, 0.05) is 19.5 Å². The number of hydrogen-bond donors (Lipinski definition) is 2. The van der Waals surface area contributed by atoms with Gasteiger partial charge in [-0.15, -0.1) is 0 Å². The highest BCUT2D eigenvalue weighted by Crippen LogP contribution is 2.09. The molecule has 0 amide bonds. The van der Waals surface area contributed by atoms with E-state index in [1.165, 1.54) is 0 Å². The normalized spacial score (nSPS) is 11.6. The maximum absolute atomic E-state index is 5.05. The van der Waals surface area contributed by atoms with Crippen LogP contribution in [0.3, 0.4) is 0 Å². The summed E-state index contributed by atoms with van der Waals surface area (Å²) in [5.74, 6) is 0.775. The molecule has 4 nitrogen and oxygen atoms in total. The van der Waals surface area contributed by atoms with Gasteiger partial charge in [0.15, 0.2) is 0 Å². The molecular weight excluding hydrogens is 154 g/mol. The molecule has 0 aliphatic carbocycles. The van der Waals surface area contributed by atoms with Crippen LogP contribution in [0.2, 0.25) is 0 Å². The van der Waals surface area contributed by atoms with Crippen molar-refractivity contribution in [1.29, 1.82) is 0 Å². The zero-order chi connectivity index (χ0) is 9.03. The third-order valence-electron chi connectivity index (χ3n) is 1.46. The number of nitrogens with one attached hydrogen (secondary N) is 2. The van der Waals surface area contributed by atoms with Gasteiger partial charge in [-0.25, -0.2) is 4.98 Å². The fourth-order valence-corrected chi connectivity index (χ4v) is 1.05. The molecule has 0 aromatic carbocycles. The average Bonchev–Trinajstić information content (AvgIpc) is 2.38. The van der Waals surface area contributed by atoms with Crippen LogP contribution in [0.25, 0.3) is 0 Å². The van der Waals surface area contributed by atoms with Gasteiger partial charge >= 0.3 is 0 Å². The van der Waals surface area contributed by atoms with E-state index in [-0.39, 0.29) is 5.54 Å². The van der Waals surface area contributed by atoms with Crippen LogP contribution < -0.4 is 5.32 Å². The molecule has 1 aromatic rings. The first-order chi connectivity index (χ1) is 5.64. The lowest BCUT2D eigenvalue weighted by molar-refractivity contribution is 0.158. The highest BCUT2D eigenvalue weighted by molar-refractivity contribution is 5.27. The highest BCUT2D eigenvalue weighted by Gasteiger charge is 2.17. The number of ether oxygens (including phenoxy) is 1. The summed E-state index contributed by atoms with van der Waals surface area (Å²) in [7, 11) is 1.69. The molecule has 1 heterocycles. The molecule has 0 spiro atoms. The molecule has 0 aliphatic rings. The van der Waals surface area contributed by atoms with Crippen molar-refractivity contribution in [1.82, 2.24) is 9.97 Å². The maximum atomic E-state index is 5.05. The molecule has 1 aromatic heterocycles. The Morgan fingerprint density at radius 2 is 2.42 bits per heavy atom. The standard InChI is InChI=1S/C8H15N3O/c1-8(2,6-12-3)11-7-9-4-5-10-7/h4-5H,6H2,1-3H3,(H2,9,10,11). The summed E-state index contributed by atoms with van der Waals surface area (Å²) < 4.78 is 5.05. The Labute approximate surface area is 72.3 Å². The summed E-state index contributed by atoms with van der Waals surface area (Å²) >= 11 is 0. The third kappa shape index (κ3) is 2.54. The summed E-state index contributed by atoms with van der Waals surface area (Å²) in [6.45, 7) is 4.76. The van der Waals surface area contributed by atoms with Gasteiger partial charge in [-0.1, -0.05) is 0 Å². The molecule has 4 heteroatoms. The zero-order valence-corrected chi connectivity index (χ0v) is 7.72. The van der Waals surface area contributed by atoms with Crippen molar-refractivity contribution in [3.05, 3.63) is 12.4 Å². The average molecular weight is 169 g/mol. The van der Waals surface area contributed by atoms with Crippen LogP contribution in [-0.4, -0.2) is 29.2 Å². The van der Waals surface area contributed by atoms with Crippen LogP contribution in [-0.2, 0) is 4.74 Å². The van der Waals surface area contributed by atoms with Gasteiger partial charge in [0.05, 0.1) is 12.1 Å². The third-order valence-corrected chi connectivity index (χ3v) is 1.46. The smallest absolute Gasteiger partial charge is 0.200 e. The van der Waals surface area contributed by atoms with Crippen LogP contribution in [0.1, 0.15) is 13.8 Å². The summed E-state index contributed by atoms with van der Waals surface area (Å²) in [6.07, 6.45) is 3.50. The van der Waals surface area contributed by atoms with E-state index in [0.29, 0.717) is 6.61 Å². The molecule has 1 rings (SSSR count). The minimum absolute atomic E-state index is 0.0907. The number of H-pyrrole nitrogens is 1. The van der Waals surface area contributed by atoms with E-state index < -0.39 is 0 Å². The lowest BCUT2D eigenvalue weighted by atomic mass is 10.1. The summed E-state index contributed by atoms with van der Waals surface area (Å²) in [4.78, 5) is 7.04. The Kier molecular flexibility index (Phi) is 2.70. The van der Waals surface area contributed by atoms with E-state index in [0.717, 1.165) is 5.95 Å². The Morgan fingerprint density at radius 1 is 1.67 bits per heavy atom. The van der Waals surface area contributed by atoms with E-state index in [4.69, 9.17) is 4.74 Å². The first-order valence-corrected chi connectivity index (χ1v) is 3.90. The van der Waals surface area contributed by atoms with Crippen molar-refractivity contribution in [3.8, 4) is 0 Å². The molecule has 0 saturated heterocycles. The summed E-state index contributed by atoms with van der Waals surface area (Å²) in [5, 5.41) is 3.21. The molecule has 0 fully saturated rings. The quantitative estimate of drug-likeness (QED) is 0.713. The molecular formula is C8H15N3O. The number of imidazole rings is 1. The van der Waals surface area contributed by atoms with Gasteiger partial charge in [0.2, 0.25) is 5.95 Å². The predicted molar refractivity (Wildman–Crippen MR) is 48.2 cm³/mol. The van der Waals surface area contributed by atoms with E-state index in [1.54, 1.807) is 19.5 Å². The Bertz CT molecular complexity index is 218. The van der Waals surface area contributed by atoms with Crippen molar-refractivity contribution in [2.45, 2.75) is 19.4 Å². The van der Waals surface area contributed by atoms with Crippen molar-refractivity contribution < 1.29 is 4.74 Å². The summed E-state index contributed by atoms with van der Waals surface area (Å²) in [5.41, 5.74) is -0.0907. The van der Waals surface area contributed by atoms with Crippen LogP contribution in [0, 0.1) is 0 Å². The van der Waals surface area contributed by atoms with Gasteiger partial charge in [0.25, 0.3) is 0 Å². The fourth-order valence-electron chi connectivity index (χ4n) is 1.05. The maximum Gasteiger partial charge on any atom is 0.200 e. The van der Waals surface area contributed by atoms with Crippen molar-refractivity contribution in [2.24, 2.45) is 0 Å². The van der Waals surface area contributed by atoms with Crippen molar-refractivity contribution in [3.63, 3.8) is 0 Å². The van der Waals surface area contributed by atoms with E-state index in [2.05, 4.69) is 29.1 Å². The molecule has 68 valence electrons. The van der Waals surface area contributed by atoms with E-state index in [1.807, 2.05) is 0 Å². The second kappa shape index (κ2) is 3.58. The largest absolute Gasteiger partial charge is 0.382 e. The van der Waals surface area contributed by atoms with Crippen LogP contribution in [0.4, 0.5) is 5.95 Å². The molecule has 0 unspecified atom stereocenters. The minimum atomic E-state index is -0.0907. The Morgan fingerprint density at radius 3 is 2.92 bits per heavy atom. The fraction of sp³-hybridized carbons (Fsp3) is 0.625. The second-order valence-electron chi connectivity index (χ2n) is 3.38. The minimum Gasteiger partial charge on any atom is -0.382 e. The van der Waals surface area contributed by atoms with E-state index >= 15 is 0 Å². The first-order valence-electron chi connectivity index (χ1n) is 3.90. The number of anilines is 1. The number of rotatable bonds is 4. The lowest BCUT2D eigenvalue weighted by Gasteiger charge is -2.24. The Balaban J connectivity index is 2.50. The zero-order valence-electron chi connectivity index (χ0n) is 7.72. The predicted octanol–water partition coefficient (Wildman–Crippen LogP) is 1.25. The number of aromatic amines is 1. The number of nitrogens with zero attached hydrogens (tertiary/aromatic N) is 1. The molecule has 12 heavy (non-hydrogen) atoms. The number of methoxy groups -OCH3 is 1. The van der Waals surface area contributed by atoms with E-state index in [9.17, 15) is 0 Å². The molecule has 0 radical (unpaired) electrons. The number of hydrogen-bond acceptors (Lipinski definition) is 3. The monoisotopic (exact) mass is 169 g/mol. The lowest BCUT2D eigenvalue weighted by Crippen LogP contribution is -2.36. The van der Waals surface area contributed by atoms with Gasteiger partial charge in [-0.05, 0) is 13.8 Å². The highest BCUT2D eigenvalue weighted by atomic mass is 16.5. The van der Waals surface area contributed by atoms with Crippen molar-refractivity contribution >= 4 is 5.95 Å². The van der Waals surface area contributed by atoms with Gasteiger partial charge in [-0.3, -0.25) is 0 Å². The molecule has 0 bridgehead atoms. The number of aromatic nitrogens is 2. The van der Waals surface area contributed by atoms with Crippen LogP contribution in [0.15, 0.2) is 12.4 Å². The first kappa shape index (κ1) is 9.06. The Hall–Kier alpha value is -1.03. The molecule has 0 aliphatic heterocycles. The second-order valence-corrected chi connectivity index (χ2v) is 3.38. The van der Waals surface area contributed by atoms with Crippen molar-refractivity contribution in [2.75, 3.05) is 19.0 Å². The summed E-state index contributed by atoms with van der Waals surface area (Å²) in [6, 6.07) is 0. The van der Waals surface area contributed by atoms with Gasteiger partial charge in [-0.2, -0.15) is 0 Å². The van der Waals surface area contributed by atoms with Crippen LogP contribution >= 0.6 is 0 Å². The van der Waals surface area contributed by atoms with Gasteiger partial charge in [0.1, 0.15) is 0 Å². The topological polar surface area (TPSA) is 49.9 Å². The molecule has 0 atom stereocenters. The SMILES string of the molecule is COCC(C)(C)Nc1ncc[nH]1.